The van der Waals surface area contributed by atoms with Gasteiger partial charge in [-0.1, -0.05) is 11.6 Å². The van der Waals surface area contributed by atoms with Crippen LogP contribution in [0.3, 0.4) is 0 Å². The lowest BCUT2D eigenvalue weighted by molar-refractivity contribution is 0.00636. The van der Waals surface area contributed by atoms with Crippen molar-refractivity contribution >= 4 is 21.6 Å². The van der Waals surface area contributed by atoms with E-state index in [-0.39, 0.29) is 17.6 Å². The fourth-order valence-electron chi connectivity index (χ4n) is 3.11. The molecule has 2 heterocycles. The minimum Gasteiger partial charge on any atom is -0.389 e. The average molecular weight is 390 g/mol. The van der Waals surface area contributed by atoms with E-state index in [9.17, 15) is 13.5 Å². The number of rotatable bonds is 5. The summed E-state index contributed by atoms with van der Waals surface area (Å²) in [6.45, 7) is 4.57. The maximum absolute atomic E-state index is 12.4. The number of benzene rings is 1. The van der Waals surface area contributed by atoms with E-state index in [0.29, 0.717) is 11.6 Å². The van der Waals surface area contributed by atoms with Crippen molar-refractivity contribution in [1.29, 1.82) is 0 Å². The van der Waals surface area contributed by atoms with Crippen molar-refractivity contribution in [3.05, 3.63) is 29.3 Å². The number of aliphatic hydroxyl groups is 1. The predicted octanol–water partition coefficient (Wildman–Crippen LogP) is -0.00600. The highest BCUT2D eigenvalue weighted by atomic mass is 35.5. The number of nitrogens with zero attached hydrogens (tertiary/aromatic N) is 2. The smallest absolute Gasteiger partial charge is 0.240 e. The highest BCUT2D eigenvalue weighted by molar-refractivity contribution is 7.89. The van der Waals surface area contributed by atoms with Gasteiger partial charge >= 0.3 is 0 Å². The van der Waals surface area contributed by atoms with Gasteiger partial charge in [-0.3, -0.25) is 4.90 Å². The number of hydrogen-bond acceptors (Lipinski definition) is 6. The molecule has 2 aliphatic heterocycles. The van der Waals surface area contributed by atoms with Crippen molar-refractivity contribution in [2.45, 2.75) is 23.1 Å². The van der Waals surface area contributed by atoms with Crippen molar-refractivity contribution in [1.82, 2.24) is 14.5 Å². The number of nitrogens with one attached hydrogen (secondary N) is 1. The summed E-state index contributed by atoms with van der Waals surface area (Å²) >= 11 is 5.79. The number of piperazine rings is 1. The standard InChI is InChI=1S/C16H24ClN3O4S/c1-19-6-8-20(9-7-19)10-15-16(21)14(11-24-15)18-25(22,23)13-4-2-12(17)3-5-13/h2-5,14-16,18,21H,6-11H2,1H3/t14-,15-,16+/m0/s1. The normalized spacial score (nSPS) is 29.2. The van der Waals surface area contributed by atoms with Crippen LogP contribution in [0, 0.1) is 0 Å². The highest BCUT2D eigenvalue weighted by Crippen LogP contribution is 2.20. The molecule has 9 heteroatoms. The number of ether oxygens (including phenoxy) is 1. The van der Waals surface area contributed by atoms with Gasteiger partial charge < -0.3 is 14.7 Å². The highest BCUT2D eigenvalue weighted by Gasteiger charge is 2.39. The average Bonchev–Trinajstić information content (AvgIpc) is 2.90. The molecule has 0 saturated carbocycles. The van der Waals surface area contributed by atoms with Gasteiger partial charge in [-0.25, -0.2) is 13.1 Å². The Hall–Kier alpha value is -0.740. The minimum atomic E-state index is -3.73. The Bertz CT molecular complexity index is 677. The lowest BCUT2D eigenvalue weighted by atomic mass is 10.1. The summed E-state index contributed by atoms with van der Waals surface area (Å²) in [5.41, 5.74) is 0. The van der Waals surface area contributed by atoms with Crippen LogP contribution in [0.2, 0.25) is 5.02 Å². The van der Waals surface area contributed by atoms with E-state index >= 15 is 0 Å². The third kappa shape index (κ3) is 4.71. The molecule has 0 amide bonds. The van der Waals surface area contributed by atoms with Crippen LogP contribution in [-0.4, -0.2) is 88.0 Å². The Morgan fingerprint density at radius 3 is 2.52 bits per heavy atom. The van der Waals surface area contributed by atoms with E-state index in [1.165, 1.54) is 24.3 Å². The fraction of sp³-hybridized carbons (Fsp3) is 0.625. The number of likely N-dealkylation sites (N-methyl/N-ethyl adjacent to an activating group) is 1. The van der Waals surface area contributed by atoms with Crippen LogP contribution in [0.25, 0.3) is 0 Å². The van der Waals surface area contributed by atoms with Crippen LogP contribution in [-0.2, 0) is 14.8 Å². The molecule has 0 bridgehead atoms. The largest absolute Gasteiger partial charge is 0.389 e. The van der Waals surface area contributed by atoms with E-state index < -0.39 is 22.2 Å². The molecule has 7 nitrogen and oxygen atoms in total. The van der Waals surface area contributed by atoms with Gasteiger partial charge in [0, 0.05) is 37.7 Å². The number of halogens is 1. The Kier molecular flexibility index (Phi) is 5.99. The van der Waals surface area contributed by atoms with Crippen LogP contribution in [0.5, 0.6) is 0 Å². The fourth-order valence-corrected chi connectivity index (χ4v) is 4.48. The van der Waals surface area contributed by atoms with Gasteiger partial charge in [-0.05, 0) is 31.3 Å². The monoisotopic (exact) mass is 389 g/mol. The Morgan fingerprint density at radius 2 is 1.88 bits per heavy atom. The maximum Gasteiger partial charge on any atom is 0.240 e. The molecule has 0 unspecified atom stereocenters. The molecular weight excluding hydrogens is 366 g/mol. The summed E-state index contributed by atoms with van der Waals surface area (Å²) in [7, 11) is -1.64. The first-order chi connectivity index (χ1) is 11.8. The van der Waals surface area contributed by atoms with E-state index in [0.717, 1.165) is 26.2 Å². The second-order valence-electron chi connectivity index (χ2n) is 6.65. The quantitative estimate of drug-likeness (QED) is 0.737. The van der Waals surface area contributed by atoms with Crippen LogP contribution >= 0.6 is 11.6 Å². The first-order valence-electron chi connectivity index (χ1n) is 8.33. The first kappa shape index (κ1) is 19.0. The molecule has 25 heavy (non-hydrogen) atoms. The molecular formula is C16H24ClN3O4S. The third-order valence-electron chi connectivity index (χ3n) is 4.75. The van der Waals surface area contributed by atoms with Gasteiger partial charge in [0.05, 0.1) is 29.8 Å². The molecule has 0 radical (unpaired) electrons. The first-order valence-corrected chi connectivity index (χ1v) is 10.2. The number of aliphatic hydroxyl groups excluding tert-OH is 1. The molecule has 2 N–H and O–H groups in total. The topological polar surface area (TPSA) is 82.1 Å². The third-order valence-corrected chi connectivity index (χ3v) is 6.51. The molecule has 2 saturated heterocycles. The van der Waals surface area contributed by atoms with E-state index in [4.69, 9.17) is 16.3 Å². The van der Waals surface area contributed by atoms with Crippen molar-refractivity contribution in [2.75, 3.05) is 46.4 Å². The molecule has 1 aromatic rings. The summed E-state index contributed by atoms with van der Waals surface area (Å²) in [5.74, 6) is 0. The molecule has 2 fully saturated rings. The molecule has 0 aromatic heterocycles. The van der Waals surface area contributed by atoms with Crippen molar-refractivity contribution in [3.63, 3.8) is 0 Å². The van der Waals surface area contributed by atoms with E-state index in [1.807, 2.05) is 0 Å². The number of sulfonamides is 1. The van der Waals surface area contributed by atoms with Crippen molar-refractivity contribution < 1.29 is 18.3 Å². The number of hydrogen-bond donors (Lipinski definition) is 2. The second-order valence-corrected chi connectivity index (χ2v) is 8.80. The Labute approximate surface area is 153 Å². The van der Waals surface area contributed by atoms with Crippen molar-refractivity contribution in [3.8, 4) is 0 Å². The van der Waals surface area contributed by atoms with Gasteiger partial charge in [0.2, 0.25) is 10.0 Å². The lowest BCUT2D eigenvalue weighted by Gasteiger charge is -2.34. The lowest BCUT2D eigenvalue weighted by Crippen LogP contribution is -2.50. The maximum atomic E-state index is 12.4. The summed E-state index contributed by atoms with van der Waals surface area (Å²) in [6, 6.07) is 5.27. The Balaban J connectivity index is 1.58. The molecule has 3 rings (SSSR count). The van der Waals surface area contributed by atoms with Gasteiger partial charge in [0.25, 0.3) is 0 Å². The molecule has 3 atom stereocenters. The Morgan fingerprint density at radius 1 is 1.24 bits per heavy atom. The predicted molar refractivity (Wildman–Crippen MR) is 95.2 cm³/mol. The molecule has 2 aliphatic rings. The second kappa shape index (κ2) is 7.87. The van der Waals surface area contributed by atoms with Gasteiger partial charge in [-0.2, -0.15) is 0 Å². The van der Waals surface area contributed by atoms with Crippen LogP contribution in [0.4, 0.5) is 0 Å². The van der Waals surface area contributed by atoms with E-state index in [2.05, 4.69) is 21.6 Å². The van der Waals surface area contributed by atoms with Crippen LogP contribution < -0.4 is 4.72 Å². The van der Waals surface area contributed by atoms with Gasteiger partial charge in [-0.15, -0.1) is 0 Å². The summed E-state index contributed by atoms with van der Waals surface area (Å²) in [4.78, 5) is 4.61. The van der Waals surface area contributed by atoms with Crippen LogP contribution in [0.15, 0.2) is 29.2 Å². The minimum absolute atomic E-state index is 0.117. The van der Waals surface area contributed by atoms with E-state index in [1.54, 1.807) is 0 Å². The SMILES string of the molecule is CN1CCN(C[C@@H]2OC[C@H](NS(=O)(=O)c3ccc(Cl)cc3)[C@H]2O)CC1. The van der Waals surface area contributed by atoms with Gasteiger partial charge in [0.1, 0.15) is 0 Å². The van der Waals surface area contributed by atoms with Gasteiger partial charge in [0.15, 0.2) is 0 Å². The molecule has 0 aliphatic carbocycles. The van der Waals surface area contributed by atoms with Crippen LogP contribution in [0.1, 0.15) is 0 Å². The zero-order chi connectivity index (χ0) is 18.0. The molecule has 0 spiro atoms. The molecule has 1 aromatic carbocycles. The summed E-state index contributed by atoms with van der Waals surface area (Å²) < 4.78 is 33.1. The zero-order valence-corrected chi connectivity index (χ0v) is 15.7. The van der Waals surface area contributed by atoms with Crippen molar-refractivity contribution in [2.24, 2.45) is 0 Å². The summed E-state index contributed by atoms with van der Waals surface area (Å²) in [6.07, 6.45) is -1.26. The zero-order valence-electron chi connectivity index (χ0n) is 14.1. The summed E-state index contributed by atoms with van der Waals surface area (Å²) in [5, 5.41) is 10.9. The molecule has 140 valence electrons.